The molecule has 0 spiro atoms. The van der Waals surface area contributed by atoms with Crippen LogP contribution < -0.4 is 5.32 Å². The van der Waals surface area contributed by atoms with Crippen molar-refractivity contribution in [1.82, 2.24) is 20.4 Å². The van der Waals surface area contributed by atoms with E-state index >= 15 is 0 Å². The molecule has 0 saturated heterocycles. The second-order valence-corrected chi connectivity index (χ2v) is 10.3. The first-order valence-electron chi connectivity index (χ1n) is 12.5. The number of rotatable bonds is 11. The van der Waals surface area contributed by atoms with E-state index in [1.807, 2.05) is 74.5 Å². The largest absolute Gasteiger partial charge is 0.465 e. The molecule has 2 N–H and O–H groups in total. The standard InChI is InChI=1S/C28H36N4O6/c1-19(2)23(29-26(33)38-28(3,4)5)25-31-30-24(37-25)22(18-36-17-21-14-10-7-11-15-21)32(27(34)35)16-20-12-8-6-9-13-20/h6-15,19,22-23H,16-18H2,1-5H3,(H,29,33)(H,34,35)/t22-,23-/m0/s1. The number of aromatic nitrogens is 2. The third-order valence-electron chi connectivity index (χ3n) is 5.55. The number of hydrogen-bond donors (Lipinski definition) is 2. The molecule has 3 rings (SSSR count). The van der Waals surface area contributed by atoms with Crippen LogP contribution >= 0.6 is 0 Å². The Balaban J connectivity index is 1.86. The number of alkyl carbamates (subject to hydrolysis) is 1. The van der Waals surface area contributed by atoms with Crippen LogP contribution in [0.3, 0.4) is 0 Å². The molecule has 0 fully saturated rings. The fourth-order valence-corrected chi connectivity index (χ4v) is 3.70. The van der Waals surface area contributed by atoms with E-state index in [1.54, 1.807) is 20.8 Å². The summed E-state index contributed by atoms with van der Waals surface area (Å²) in [6.07, 6.45) is -1.77. The number of benzene rings is 2. The summed E-state index contributed by atoms with van der Waals surface area (Å²) in [6.45, 7) is 9.47. The Bertz CT molecular complexity index is 1160. The van der Waals surface area contributed by atoms with Crippen LogP contribution in [0.5, 0.6) is 0 Å². The molecule has 38 heavy (non-hydrogen) atoms. The van der Waals surface area contributed by atoms with Gasteiger partial charge in [0.15, 0.2) is 0 Å². The Hall–Kier alpha value is -3.92. The van der Waals surface area contributed by atoms with Crippen LogP contribution in [-0.4, -0.2) is 44.6 Å². The summed E-state index contributed by atoms with van der Waals surface area (Å²) in [4.78, 5) is 26.0. The van der Waals surface area contributed by atoms with Crippen molar-refractivity contribution in [2.24, 2.45) is 5.92 Å². The lowest BCUT2D eigenvalue weighted by molar-refractivity contribution is 0.0348. The SMILES string of the molecule is CC(C)[C@H](NC(=O)OC(C)(C)C)c1nnc([C@H](COCc2ccccc2)N(Cc2ccccc2)C(=O)O)o1. The molecule has 1 aromatic heterocycles. The monoisotopic (exact) mass is 524 g/mol. The minimum Gasteiger partial charge on any atom is -0.465 e. The Morgan fingerprint density at radius 2 is 1.55 bits per heavy atom. The third kappa shape index (κ3) is 8.58. The van der Waals surface area contributed by atoms with Gasteiger partial charge in [0.1, 0.15) is 17.7 Å². The molecule has 0 unspecified atom stereocenters. The zero-order chi connectivity index (χ0) is 27.7. The highest BCUT2D eigenvalue weighted by atomic mass is 16.6. The molecule has 3 aromatic rings. The van der Waals surface area contributed by atoms with E-state index in [1.165, 1.54) is 4.90 Å². The Labute approximate surface area is 223 Å². The molecule has 1 heterocycles. The highest BCUT2D eigenvalue weighted by molar-refractivity contribution is 5.68. The summed E-state index contributed by atoms with van der Waals surface area (Å²) in [5.41, 5.74) is 1.07. The molecule has 0 saturated carbocycles. The van der Waals surface area contributed by atoms with Gasteiger partial charge in [-0.1, -0.05) is 74.5 Å². The van der Waals surface area contributed by atoms with Crippen LogP contribution in [0, 0.1) is 5.92 Å². The van der Waals surface area contributed by atoms with E-state index in [4.69, 9.17) is 13.9 Å². The van der Waals surface area contributed by atoms with Crippen LogP contribution in [0.15, 0.2) is 65.1 Å². The lowest BCUT2D eigenvalue weighted by atomic mass is 10.1. The number of amides is 2. The second-order valence-electron chi connectivity index (χ2n) is 10.3. The summed E-state index contributed by atoms with van der Waals surface area (Å²) < 4.78 is 17.3. The fraction of sp³-hybridized carbons (Fsp3) is 0.429. The molecule has 204 valence electrons. The summed E-state index contributed by atoms with van der Waals surface area (Å²) in [7, 11) is 0. The lowest BCUT2D eigenvalue weighted by Gasteiger charge is -2.27. The van der Waals surface area contributed by atoms with Crippen molar-refractivity contribution in [2.75, 3.05) is 6.61 Å². The second kappa shape index (κ2) is 13.0. The van der Waals surface area contributed by atoms with Crippen molar-refractivity contribution in [1.29, 1.82) is 0 Å². The average molecular weight is 525 g/mol. The smallest absolute Gasteiger partial charge is 0.408 e. The third-order valence-corrected chi connectivity index (χ3v) is 5.55. The zero-order valence-electron chi connectivity index (χ0n) is 22.5. The molecule has 0 bridgehead atoms. The Morgan fingerprint density at radius 3 is 2.11 bits per heavy atom. The van der Waals surface area contributed by atoms with Gasteiger partial charge in [0.25, 0.3) is 0 Å². The highest BCUT2D eigenvalue weighted by Gasteiger charge is 2.33. The quantitative estimate of drug-likeness (QED) is 0.326. The molecule has 10 heteroatoms. The maximum Gasteiger partial charge on any atom is 0.408 e. The first kappa shape index (κ1) is 28.6. The van der Waals surface area contributed by atoms with Gasteiger partial charge in [0.05, 0.1) is 13.2 Å². The molecule has 2 amide bonds. The maximum atomic E-state index is 12.4. The molecule has 0 aliphatic rings. The van der Waals surface area contributed by atoms with E-state index in [0.717, 1.165) is 11.1 Å². The van der Waals surface area contributed by atoms with Gasteiger partial charge in [-0.15, -0.1) is 10.2 Å². The molecule has 0 radical (unpaired) electrons. The predicted octanol–water partition coefficient (Wildman–Crippen LogP) is 5.73. The number of carbonyl (C=O) groups excluding carboxylic acids is 1. The number of nitrogens with one attached hydrogen (secondary N) is 1. The van der Waals surface area contributed by atoms with Crippen molar-refractivity contribution in [3.8, 4) is 0 Å². The number of nitrogens with zero attached hydrogens (tertiary/aromatic N) is 3. The molecule has 10 nitrogen and oxygen atoms in total. The number of carbonyl (C=O) groups is 2. The molecule has 0 aliphatic heterocycles. The first-order valence-corrected chi connectivity index (χ1v) is 12.5. The van der Waals surface area contributed by atoms with E-state index in [2.05, 4.69) is 15.5 Å². The van der Waals surface area contributed by atoms with Gasteiger partial charge >= 0.3 is 12.2 Å². The first-order chi connectivity index (χ1) is 18.0. The number of hydrogen-bond acceptors (Lipinski definition) is 7. The van der Waals surface area contributed by atoms with Crippen LogP contribution in [0.4, 0.5) is 9.59 Å². The summed E-state index contributed by atoms with van der Waals surface area (Å²) in [5.74, 6) is 0.116. The fourth-order valence-electron chi connectivity index (χ4n) is 3.70. The topological polar surface area (TPSA) is 127 Å². The van der Waals surface area contributed by atoms with Crippen molar-refractivity contribution in [3.05, 3.63) is 83.6 Å². The van der Waals surface area contributed by atoms with Gasteiger partial charge in [-0.25, -0.2) is 9.59 Å². The van der Waals surface area contributed by atoms with E-state index < -0.39 is 29.9 Å². The number of carboxylic acid groups (broad SMARTS) is 1. The minimum atomic E-state index is -1.16. The summed E-state index contributed by atoms with van der Waals surface area (Å²) in [6, 6.07) is 17.3. The predicted molar refractivity (Wildman–Crippen MR) is 140 cm³/mol. The zero-order valence-corrected chi connectivity index (χ0v) is 22.5. The normalized spacial score (nSPS) is 13.1. The summed E-state index contributed by atoms with van der Waals surface area (Å²) in [5, 5.41) is 21.2. The molecule has 2 atom stereocenters. The van der Waals surface area contributed by atoms with E-state index in [9.17, 15) is 14.7 Å². The van der Waals surface area contributed by atoms with Gasteiger partial charge in [-0.2, -0.15) is 0 Å². The van der Waals surface area contributed by atoms with Crippen molar-refractivity contribution >= 4 is 12.2 Å². The van der Waals surface area contributed by atoms with E-state index in [0.29, 0.717) is 0 Å². The van der Waals surface area contributed by atoms with E-state index in [-0.39, 0.29) is 37.5 Å². The average Bonchev–Trinajstić information content (AvgIpc) is 3.33. The minimum absolute atomic E-state index is 0.0124. The van der Waals surface area contributed by atoms with Crippen molar-refractivity contribution < 1.29 is 28.6 Å². The van der Waals surface area contributed by atoms with Gasteiger partial charge in [0, 0.05) is 6.54 Å². The number of ether oxygens (including phenoxy) is 2. The molecule has 2 aromatic carbocycles. The van der Waals surface area contributed by atoms with Crippen molar-refractivity contribution in [3.63, 3.8) is 0 Å². The Morgan fingerprint density at radius 1 is 0.974 bits per heavy atom. The van der Waals surface area contributed by atoms with Crippen LogP contribution in [0.25, 0.3) is 0 Å². The van der Waals surface area contributed by atoms with Gasteiger partial charge in [0.2, 0.25) is 11.8 Å². The van der Waals surface area contributed by atoms with Crippen LogP contribution in [0.1, 0.15) is 69.6 Å². The van der Waals surface area contributed by atoms with Crippen LogP contribution in [-0.2, 0) is 22.6 Å². The maximum absolute atomic E-state index is 12.4. The lowest BCUT2D eigenvalue weighted by Crippen LogP contribution is -2.37. The Kier molecular flexibility index (Phi) is 9.84. The summed E-state index contributed by atoms with van der Waals surface area (Å²) >= 11 is 0. The van der Waals surface area contributed by atoms with Crippen molar-refractivity contribution in [2.45, 2.75) is 65.5 Å². The molecule has 0 aliphatic carbocycles. The van der Waals surface area contributed by atoms with Gasteiger partial charge in [-0.3, -0.25) is 4.90 Å². The highest BCUT2D eigenvalue weighted by Crippen LogP contribution is 2.27. The molecular weight excluding hydrogens is 488 g/mol. The van der Waals surface area contributed by atoms with Gasteiger partial charge < -0.3 is 24.3 Å². The molecular formula is C28H36N4O6. The van der Waals surface area contributed by atoms with Gasteiger partial charge in [-0.05, 0) is 37.8 Å². The van der Waals surface area contributed by atoms with Crippen LogP contribution in [0.2, 0.25) is 0 Å².